The summed E-state index contributed by atoms with van der Waals surface area (Å²) >= 11 is 3.73. The van der Waals surface area contributed by atoms with E-state index in [0.29, 0.717) is 25.4 Å². The molecule has 3 saturated heterocycles. The zero-order chi connectivity index (χ0) is 15.4. The monoisotopic (exact) mass is 348 g/mol. The second kappa shape index (κ2) is 7.85. The minimum Gasteiger partial charge on any atom is -0.359 e. The summed E-state index contributed by atoms with van der Waals surface area (Å²) in [7, 11) is 1.61. The van der Waals surface area contributed by atoms with E-state index in [2.05, 4.69) is 0 Å². The SMILES string of the molecule is COCO[C@@H]([C@@H]1CSCCC1=O)[C@H]1CSCCC12OCCO2. The van der Waals surface area contributed by atoms with Crippen molar-refractivity contribution in [1.82, 2.24) is 0 Å². The fraction of sp³-hybridized carbons (Fsp3) is 0.933. The Morgan fingerprint density at radius 2 is 2.05 bits per heavy atom. The molecule has 0 aromatic heterocycles. The second-order valence-corrected chi connectivity index (χ2v) is 8.18. The average molecular weight is 348 g/mol. The summed E-state index contributed by atoms with van der Waals surface area (Å²) in [6.45, 7) is 1.47. The second-order valence-electron chi connectivity index (χ2n) is 5.88. The number of rotatable bonds is 5. The van der Waals surface area contributed by atoms with Gasteiger partial charge < -0.3 is 18.9 Å². The van der Waals surface area contributed by atoms with Gasteiger partial charge in [-0.1, -0.05) is 0 Å². The van der Waals surface area contributed by atoms with Gasteiger partial charge in [0.2, 0.25) is 0 Å². The molecule has 126 valence electrons. The fourth-order valence-corrected chi connectivity index (χ4v) is 5.94. The number of ether oxygens (including phenoxy) is 4. The molecule has 0 bridgehead atoms. The molecule has 5 nitrogen and oxygen atoms in total. The summed E-state index contributed by atoms with van der Waals surface area (Å²) in [5, 5.41) is 0. The molecule has 3 aliphatic heterocycles. The van der Waals surface area contributed by atoms with Crippen LogP contribution in [0.25, 0.3) is 0 Å². The van der Waals surface area contributed by atoms with Crippen LogP contribution in [0.2, 0.25) is 0 Å². The number of hydrogen-bond donors (Lipinski definition) is 0. The molecule has 3 rings (SSSR count). The largest absolute Gasteiger partial charge is 0.359 e. The topological polar surface area (TPSA) is 54.0 Å². The van der Waals surface area contributed by atoms with Crippen LogP contribution < -0.4 is 0 Å². The molecule has 0 aliphatic carbocycles. The number of thioether (sulfide) groups is 2. The van der Waals surface area contributed by atoms with Crippen molar-refractivity contribution in [2.24, 2.45) is 11.8 Å². The Morgan fingerprint density at radius 3 is 2.77 bits per heavy atom. The number of Topliss-reactive ketones (excluding diaryl/α,β-unsaturated/α-hetero) is 1. The van der Waals surface area contributed by atoms with Crippen LogP contribution in [0, 0.1) is 11.8 Å². The maximum atomic E-state index is 12.4. The third kappa shape index (κ3) is 3.49. The highest BCUT2D eigenvalue weighted by atomic mass is 32.2. The number of methoxy groups -OCH3 is 1. The van der Waals surface area contributed by atoms with Crippen LogP contribution in [-0.2, 0) is 23.7 Å². The van der Waals surface area contributed by atoms with Crippen LogP contribution >= 0.6 is 23.5 Å². The minimum atomic E-state index is -0.563. The van der Waals surface area contributed by atoms with Crippen molar-refractivity contribution in [2.75, 3.05) is 50.1 Å². The molecule has 3 heterocycles. The summed E-state index contributed by atoms with van der Waals surface area (Å²) in [4.78, 5) is 12.4. The smallest absolute Gasteiger partial charge is 0.175 e. The zero-order valence-corrected chi connectivity index (χ0v) is 14.6. The van der Waals surface area contributed by atoms with Gasteiger partial charge in [0.15, 0.2) is 5.79 Å². The Hall–Kier alpha value is 0.210. The lowest BCUT2D eigenvalue weighted by atomic mass is 9.82. The average Bonchev–Trinajstić information content (AvgIpc) is 3.00. The first-order chi connectivity index (χ1) is 10.8. The molecule has 7 heteroatoms. The molecular weight excluding hydrogens is 324 g/mol. The molecule has 1 spiro atoms. The van der Waals surface area contributed by atoms with Crippen molar-refractivity contribution >= 4 is 29.3 Å². The van der Waals surface area contributed by atoms with Gasteiger partial charge in [0.1, 0.15) is 12.6 Å². The summed E-state index contributed by atoms with van der Waals surface area (Å²) in [6.07, 6.45) is 1.31. The van der Waals surface area contributed by atoms with Crippen molar-refractivity contribution in [1.29, 1.82) is 0 Å². The highest BCUT2D eigenvalue weighted by Crippen LogP contribution is 2.44. The van der Waals surface area contributed by atoms with Crippen molar-refractivity contribution in [2.45, 2.75) is 24.7 Å². The minimum absolute atomic E-state index is 0.0801. The van der Waals surface area contributed by atoms with Gasteiger partial charge >= 0.3 is 0 Å². The molecule has 22 heavy (non-hydrogen) atoms. The van der Waals surface area contributed by atoms with Gasteiger partial charge in [0, 0.05) is 43.1 Å². The van der Waals surface area contributed by atoms with Gasteiger partial charge in [-0.05, 0) is 5.75 Å². The molecule has 3 aliphatic rings. The van der Waals surface area contributed by atoms with Gasteiger partial charge in [-0.15, -0.1) is 0 Å². The highest BCUT2D eigenvalue weighted by molar-refractivity contribution is 7.99. The van der Waals surface area contributed by atoms with Gasteiger partial charge in [0.25, 0.3) is 0 Å². The van der Waals surface area contributed by atoms with E-state index < -0.39 is 5.79 Å². The van der Waals surface area contributed by atoms with E-state index in [1.54, 1.807) is 7.11 Å². The third-order valence-electron chi connectivity index (χ3n) is 4.61. The van der Waals surface area contributed by atoms with E-state index >= 15 is 0 Å². The van der Waals surface area contributed by atoms with Crippen molar-refractivity contribution in [3.63, 3.8) is 0 Å². The Balaban J connectivity index is 1.81. The molecular formula is C15H24O5S2. The summed E-state index contributed by atoms with van der Waals surface area (Å²) in [5.41, 5.74) is 0. The van der Waals surface area contributed by atoms with E-state index in [9.17, 15) is 4.79 Å². The molecule has 0 aromatic carbocycles. The molecule has 0 unspecified atom stereocenters. The lowest BCUT2D eigenvalue weighted by molar-refractivity contribution is -0.233. The number of carbonyl (C=O) groups is 1. The molecule has 3 atom stereocenters. The lowest BCUT2D eigenvalue weighted by Crippen LogP contribution is -2.54. The molecule has 0 N–H and O–H groups in total. The van der Waals surface area contributed by atoms with E-state index in [0.717, 1.165) is 29.4 Å². The van der Waals surface area contributed by atoms with Gasteiger partial charge in [0.05, 0.1) is 25.2 Å². The van der Waals surface area contributed by atoms with Gasteiger partial charge in [-0.3, -0.25) is 4.79 Å². The third-order valence-corrected chi connectivity index (χ3v) is 6.78. The quantitative estimate of drug-likeness (QED) is 0.702. The molecule has 0 radical (unpaired) electrons. The lowest BCUT2D eigenvalue weighted by Gasteiger charge is -2.45. The molecule has 3 fully saturated rings. The van der Waals surface area contributed by atoms with E-state index in [-0.39, 0.29) is 24.7 Å². The van der Waals surface area contributed by atoms with Crippen LogP contribution in [0.15, 0.2) is 0 Å². The summed E-state index contributed by atoms with van der Waals surface area (Å²) in [5.74, 6) is 3.42. The van der Waals surface area contributed by atoms with Gasteiger partial charge in [-0.25, -0.2) is 0 Å². The number of ketones is 1. The maximum absolute atomic E-state index is 12.4. The van der Waals surface area contributed by atoms with E-state index in [1.165, 1.54) is 0 Å². The Bertz CT molecular complexity index is 386. The first-order valence-electron chi connectivity index (χ1n) is 7.83. The van der Waals surface area contributed by atoms with Crippen LogP contribution in [0.1, 0.15) is 12.8 Å². The van der Waals surface area contributed by atoms with Crippen molar-refractivity contribution in [3.05, 3.63) is 0 Å². The van der Waals surface area contributed by atoms with Crippen LogP contribution in [-0.4, -0.2) is 67.8 Å². The summed E-state index contributed by atoms with van der Waals surface area (Å²) in [6, 6.07) is 0. The molecule has 0 saturated carbocycles. The van der Waals surface area contributed by atoms with E-state index in [1.807, 2.05) is 23.5 Å². The number of hydrogen-bond acceptors (Lipinski definition) is 7. The molecule has 0 amide bonds. The van der Waals surface area contributed by atoms with Crippen LogP contribution in [0.5, 0.6) is 0 Å². The zero-order valence-electron chi connectivity index (χ0n) is 13.0. The first-order valence-corrected chi connectivity index (χ1v) is 10.1. The standard InChI is InChI=1S/C15H24O5S2/c1-17-10-18-14(11-8-21-6-2-13(11)16)12-9-22-7-3-15(12)19-4-5-20-15/h11-12,14H,2-10H2,1H3/t11-,12-,14+/m1/s1. The summed E-state index contributed by atoms with van der Waals surface area (Å²) < 4.78 is 23.1. The van der Waals surface area contributed by atoms with Gasteiger partial charge in [-0.2, -0.15) is 23.5 Å². The predicted molar refractivity (Wildman–Crippen MR) is 87.3 cm³/mol. The molecule has 0 aromatic rings. The highest BCUT2D eigenvalue weighted by Gasteiger charge is 2.52. The predicted octanol–water partition coefficient (Wildman–Crippen LogP) is 1.79. The maximum Gasteiger partial charge on any atom is 0.175 e. The van der Waals surface area contributed by atoms with Crippen LogP contribution in [0.4, 0.5) is 0 Å². The Kier molecular flexibility index (Phi) is 6.09. The normalized spacial score (nSPS) is 33.2. The first kappa shape index (κ1) is 17.0. The Morgan fingerprint density at radius 1 is 1.27 bits per heavy atom. The van der Waals surface area contributed by atoms with Crippen molar-refractivity contribution < 1.29 is 23.7 Å². The Labute approximate surface area is 140 Å². The van der Waals surface area contributed by atoms with E-state index in [4.69, 9.17) is 18.9 Å². The van der Waals surface area contributed by atoms with Crippen LogP contribution in [0.3, 0.4) is 0 Å². The van der Waals surface area contributed by atoms with Crippen molar-refractivity contribution in [3.8, 4) is 0 Å². The fourth-order valence-electron chi connectivity index (χ4n) is 3.51. The number of carbonyl (C=O) groups excluding carboxylic acids is 1.